The molecule has 0 spiro atoms. The van der Waals surface area contributed by atoms with Gasteiger partial charge < -0.3 is 31.1 Å². The monoisotopic (exact) mass is 563 g/mol. The number of hydrogen-bond acceptors (Lipinski definition) is 9. The number of carbonyl (C=O) groups is 3. The molecule has 212 valence electrons. The average molecular weight is 564 g/mol. The van der Waals surface area contributed by atoms with E-state index in [1.54, 1.807) is 35.2 Å². The molecule has 2 aromatic carbocycles. The van der Waals surface area contributed by atoms with E-state index in [0.29, 0.717) is 22.2 Å². The van der Waals surface area contributed by atoms with Crippen LogP contribution in [0.3, 0.4) is 0 Å². The Kier molecular flexibility index (Phi) is 8.26. The highest BCUT2D eigenvalue weighted by Gasteiger charge is 2.22. The number of carboxylic acids is 2. The van der Waals surface area contributed by atoms with Gasteiger partial charge in [0.1, 0.15) is 6.04 Å². The van der Waals surface area contributed by atoms with Crippen molar-refractivity contribution in [1.82, 2.24) is 25.3 Å². The van der Waals surface area contributed by atoms with Gasteiger partial charge in [0.05, 0.1) is 23.0 Å². The number of benzene rings is 2. The highest BCUT2D eigenvalue weighted by Crippen LogP contribution is 2.22. The molecule has 0 unspecified atom stereocenters. The quantitative estimate of drug-likeness (QED) is 0.129. The number of amides is 1. The maximum Gasteiger partial charge on any atom is 0.326 e. The van der Waals surface area contributed by atoms with Gasteiger partial charge in [-0.2, -0.15) is 0 Å². The first-order chi connectivity index (χ1) is 19.5. The molecule has 2 aromatic heterocycles. The summed E-state index contributed by atoms with van der Waals surface area (Å²) in [5, 5.41) is 20.8. The lowest BCUT2D eigenvalue weighted by molar-refractivity contribution is -0.140. The van der Waals surface area contributed by atoms with E-state index in [1.165, 1.54) is 18.3 Å². The molecule has 1 atom stereocenters. The molecule has 2 heterocycles. The van der Waals surface area contributed by atoms with E-state index in [0.717, 1.165) is 0 Å². The van der Waals surface area contributed by atoms with E-state index >= 15 is 0 Å². The minimum atomic E-state index is -1.39. The third-order valence-corrected chi connectivity index (χ3v) is 6.16. The highest BCUT2D eigenvalue weighted by atomic mass is 16.4. The van der Waals surface area contributed by atoms with E-state index in [2.05, 4.69) is 25.3 Å². The average Bonchev–Trinajstić information content (AvgIpc) is 2.92. The fraction of sp³-hybridized carbons (Fsp3) is 0.192. The molecule has 0 radical (unpaired) electrons. The second-order valence-corrected chi connectivity index (χ2v) is 9.10. The molecule has 0 bridgehead atoms. The van der Waals surface area contributed by atoms with Gasteiger partial charge in [-0.3, -0.25) is 29.1 Å². The summed E-state index contributed by atoms with van der Waals surface area (Å²) in [4.78, 5) is 84.1. The van der Waals surface area contributed by atoms with Crippen LogP contribution in [0.15, 0.2) is 63.0 Å². The lowest BCUT2D eigenvalue weighted by Gasteiger charge is -2.25. The topological polar surface area (TPSA) is 244 Å². The van der Waals surface area contributed by atoms with Crippen LogP contribution in [-0.2, 0) is 22.7 Å². The second-order valence-electron chi connectivity index (χ2n) is 9.10. The maximum atomic E-state index is 12.7. The molecule has 1 amide bonds. The first-order valence-electron chi connectivity index (χ1n) is 12.2. The van der Waals surface area contributed by atoms with Crippen molar-refractivity contribution in [2.45, 2.75) is 32.0 Å². The van der Waals surface area contributed by atoms with Gasteiger partial charge in [-0.1, -0.05) is 6.07 Å². The zero-order chi connectivity index (χ0) is 29.7. The SMILES string of the molecule is Nc1nc2ccc(CN(Cc3c[nH]c(=O)[nH]c3=O)c3ccc(C(=O)N[C@@H](CCC(=O)O)C(=O)O)cc3)cc2c(=O)[nH]1. The van der Waals surface area contributed by atoms with Gasteiger partial charge in [-0.15, -0.1) is 0 Å². The predicted octanol–water partition coefficient (Wildman–Crippen LogP) is 0.137. The molecule has 8 N–H and O–H groups in total. The normalized spacial score (nSPS) is 11.6. The summed E-state index contributed by atoms with van der Waals surface area (Å²) in [5.74, 6) is -3.28. The van der Waals surface area contributed by atoms with E-state index in [4.69, 9.17) is 10.8 Å². The van der Waals surface area contributed by atoms with Gasteiger partial charge in [0.15, 0.2) is 0 Å². The zero-order valence-electron chi connectivity index (χ0n) is 21.3. The number of nitrogen functional groups attached to an aromatic ring is 1. The van der Waals surface area contributed by atoms with Gasteiger partial charge in [0.2, 0.25) is 5.95 Å². The van der Waals surface area contributed by atoms with Crippen LogP contribution in [0.25, 0.3) is 10.9 Å². The Labute approximate surface area is 229 Å². The van der Waals surface area contributed by atoms with Crippen LogP contribution in [0.2, 0.25) is 0 Å². The summed E-state index contributed by atoms with van der Waals surface area (Å²) in [6.07, 6.45) is 0.572. The Hall–Kier alpha value is -5.73. The molecular formula is C26H25N7O8. The molecule has 0 aliphatic carbocycles. The molecule has 0 aliphatic heterocycles. The highest BCUT2D eigenvalue weighted by molar-refractivity contribution is 5.97. The predicted molar refractivity (Wildman–Crippen MR) is 147 cm³/mol. The third-order valence-electron chi connectivity index (χ3n) is 6.16. The maximum absolute atomic E-state index is 12.7. The van der Waals surface area contributed by atoms with E-state index in [-0.39, 0.29) is 36.6 Å². The van der Waals surface area contributed by atoms with Crippen LogP contribution >= 0.6 is 0 Å². The molecule has 0 saturated carbocycles. The van der Waals surface area contributed by atoms with Crippen LogP contribution in [0.1, 0.15) is 34.3 Å². The summed E-state index contributed by atoms with van der Waals surface area (Å²) in [6, 6.07) is 9.68. The fourth-order valence-corrected chi connectivity index (χ4v) is 4.11. The zero-order valence-corrected chi connectivity index (χ0v) is 21.3. The van der Waals surface area contributed by atoms with E-state index in [1.807, 2.05) is 0 Å². The Morgan fingerprint density at radius 1 is 0.976 bits per heavy atom. The van der Waals surface area contributed by atoms with Crippen molar-refractivity contribution in [2.24, 2.45) is 0 Å². The smallest absolute Gasteiger partial charge is 0.326 e. The standard InChI is InChI=1S/C26H25N7O8/c27-25-30-18-6-1-13(9-17(18)23(38)31-25)11-33(12-15-10-28-26(41)32-22(15)37)16-4-2-14(3-5-16)21(36)29-19(24(39)40)7-8-20(34)35/h1-6,9-10,19H,7-8,11-12H2,(H,29,36)(H,34,35)(H,39,40)(H3,27,30,31,38)(H2,28,32,37,41)/t19-/m0/s1. The van der Waals surface area contributed by atoms with Gasteiger partial charge in [0, 0.05) is 30.4 Å². The number of aliphatic carboxylic acids is 2. The summed E-state index contributed by atoms with van der Waals surface area (Å²) in [6.45, 7) is 0.225. The number of rotatable bonds is 11. The number of aromatic amines is 3. The van der Waals surface area contributed by atoms with Crippen LogP contribution < -0.4 is 32.8 Å². The van der Waals surface area contributed by atoms with E-state index in [9.17, 15) is 33.9 Å². The first-order valence-corrected chi connectivity index (χ1v) is 12.2. The molecule has 4 aromatic rings. The molecule has 0 fully saturated rings. The third kappa shape index (κ3) is 7.03. The van der Waals surface area contributed by atoms with Crippen molar-refractivity contribution < 1.29 is 24.6 Å². The molecule has 15 nitrogen and oxygen atoms in total. The minimum absolute atomic E-state index is 0.0186. The summed E-state index contributed by atoms with van der Waals surface area (Å²) < 4.78 is 0. The summed E-state index contributed by atoms with van der Waals surface area (Å²) in [5.41, 5.74) is 5.94. The molecular weight excluding hydrogens is 538 g/mol. The largest absolute Gasteiger partial charge is 0.481 e. The number of nitrogens with two attached hydrogens (primary N) is 1. The number of hydrogen-bond donors (Lipinski definition) is 7. The second kappa shape index (κ2) is 12.0. The number of nitrogens with one attached hydrogen (secondary N) is 4. The van der Waals surface area contributed by atoms with Crippen LogP contribution in [0, 0.1) is 0 Å². The van der Waals surface area contributed by atoms with Crippen LogP contribution in [0.5, 0.6) is 0 Å². The molecule has 41 heavy (non-hydrogen) atoms. The number of anilines is 2. The van der Waals surface area contributed by atoms with Crippen molar-refractivity contribution in [1.29, 1.82) is 0 Å². The van der Waals surface area contributed by atoms with Gasteiger partial charge >= 0.3 is 17.6 Å². The van der Waals surface area contributed by atoms with Gasteiger partial charge in [-0.05, 0) is 48.4 Å². The van der Waals surface area contributed by atoms with Crippen molar-refractivity contribution in [3.05, 3.63) is 96.5 Å². The number of fused-ring (bicyclic) bond motifs is 1. The number of H-pyrrole nitrogens is 3. The fourth-order valence-electron chi connectivity index (χ4n) is 4.11. The van der Waals surface area contributed by atoms with Gasteiger partial charge in [0.25, 0.3) is 17.0 Å². The lowest BCUT2D eigenvalue weighted by atomic mass is 10.1. The Bertz CT molecular complexity index is 1790. The summed E-state index contributed by atoms with van der Waals surface area (Å²) in [7, 11) is 0. The molecule has 0 aliphatic rings. The number of aromatic nitrogens is 4. The van der Waals surface area contributed by atoms with E-state index < -0.39 is 47.1 Å². The lowest BCUT2D eigenvalue weighted by Crippen LogP contribution is -2.41. The van der Waals surface area contributed by atoms with Crippen molar-refractivity contribution in [2.75, 3.05) is 10.6 Å². The van der Waals surface area contributed by atoms with Crippen molar-refractivity contribution >= 4 is 40.4 Å². The Morgan fingerprint density at radius 3 is 2.37 bits per heavy atom. The number of nitrogens with zero attached hydrogens (tertiary/aromatic N) is 2. The van der Waals surface area contributed by atoms with Crippen LogP contribution in [0.4, 0.5) is 11.6 Å². The number of carboxylic acid groups (broad SMARTS) is 2. The summed E-state index contributed by atoms with van der Waals surface area (Å²) >= 11 is 0. The van der Waals surface area contributed by atoms with Crippen molar-refractivity contribution in [3.63, 3.8) is 0 Å². The Morgan fingerprint density at radius 2 is 1.71 bits per heavy atom. The van der Waals surface area contributed by atoms with Crippen LogP contribution in [-0.4, -0.2) is 54.0 Å². The Balaban J connectivity index is 1.62. The molecule has 15 heteroatoms. The molecule has 0 saturated heterocycles. The van der Waals surface area contributed by atoms with Crippen molar-refractivity contribution in [3.8, 4) is 0 Å². The number of carbonyl (C=O) groups excluding carboxylic acids is 1. The minimum Gasteiger partial charge on any atom is -0.481 e. The van der Waals surface area contributed by atoms with Gasteiger partial charge in [-0.25, -0.2) is 14.6 Å². The first kappa shape index (κ1) is 28.3. The molecule has 4 rings (SSSR count).